The Labute approximate surface area is 110 Å². The van der Waals surface area contributed by atoms with E-state index in [2.05, 4.69) is 4.72 Å². The van der Waals surface area contributed by atoms with Crippen LogP contribution in [-0.4, -0.2) is 25.7 Å². The minimum atomic E-state index is -4.26. The van der Waals surface area contributed by atoms with Crippen molar-refractivity contribution in [3.63, 3.8) is 0 Å². The molecular weight excluding hydrogens is 276 g/mol. The fourth-order valence-electron chi connectivity index (χ4n) is 2.29. The van der Waals surface area contributed by atoms with Gasteiger partial charge in [-0.25, -0.2) is 21.9 Å². The van der Waals surface area contributed by atoms with Gasteiger partial charge in [-0.3, -0.25) is 0 Å². The number of aliphatic hydroxyl groups is 1. The molecule has 0 aliphatic heterocycles. The lowest BCUT2D eigenvalue weighted by molar-refractivity contribution is 0.117. The Bertz CT molecular complexity index is 542. The summed E-state index contributed by atoms with van der Waals surface area (Å²) in [5, 5.41) is 9.47. The van der Waals surface area contributed by atoms with Gasteiger partial charge in [-0.15, -0.1) is 0 Å². The fraction of sp³-hybridized carbons (Fsp3) is 0.500. The summed E-state index contributed by atoms with van der Waals surface area (Å²) >= 11 is 0. The Morgan fingerprint density at radius 2 is 1.84 bits per heavy atom. The van der Waals surface area contributed by atoms with Gasteiger partial charge in [-0.1, -0.05) is 6.07 Å². The van der Waals surface area contributed by atoms with Crippen LogP contribution in [0.2, 0.25) is 0 Å². The predicted octanol–water partition coefficient (Wildman–Crippen LogP) is 1.55. The van der Waals surface area contributed by atoms with Crippen molar-refractivity contribution < 1.29 is 22.3 Å². The average Bonchev–Trinajstić information content (AvgIpc) is 2.27. The van der Waals surface area contributed by atoms with Gasteiger partial charge < -0.3 is 5.11 Å². The van der Waals surface area contributed by atoms with Crippen LogP contribution in [0.4, 0.5) is 8.78 Å². The summed E-state index contributed by atoms with van der Waals surface area (Å²) in [4.78, 5) is -0.963. The molecule has 1 saturated carbocycles. The number of hydrogen-bond donors (Lipinski definition) is 2. The molecule has 1 aliphatic rings. The Morgan fingerprint density at radius 1 is 1.21 bits per heavy atom. The number of benzene rings is 1. The molecule has 1 aliphatic carbocycles. The highest BCUT2D eigenvalue weighted by atomic mass is 32.2. The third-order valence-corrected chi connectivity index (χ3v) is 4.73. The van der Waals surface area contributed by atoms with Crippen molar-refractivity contribution in [3.05, 3.63) is 29.8 Å². The highest BCUT2D eigenvalue weighted by Gasteiger charge is 2.29. The topological polar surface area (TPSA) is 66.4 Å². The van der Waals surface area contributed by atoms with Crippen LogP contribution >= 0.6 is 0 Å². The molecule has 1 aromatic rings. The lowest BCUT2D eigenvalue weighted by Gasteiger charge is -2.26. The van der Waals surface area contributed by atoms with E-state index < -0.39 is 38.7 Å². The Morgan fingerprint density at radius 3 is 2.42 bits per heavy atom. The molecule has 0 aromatic heterocycles. The second-order valence-electron chi connectivity index (χ2n) is 4.69. The van der Waals surface area contributed by atoms with Crippen molar-refractivity contribution in [3.8, 4) is 0 Å². The number of halogens is 2. The van der Waals surface area contributed by atoms with Crippen LogP contribution in [0.25, 0.3) is 0 Å². The molecule has 1 aromatic carbocycles. The lowest BCUT2D eigenvalue weighted by atomic mass is 9.94. The average molecular weight is 291 g/mol. The molecular formula is C12H15F2NO3S. The Hall–Kier alpha value is -1.05. The molecule has 4 nitrogen and oxygen atoms in total. The van der Waals surface area contributed by atoms with E-state index in [0.717, 1.165) is 18.2 Å². The maximum absolute atomic E-state index is 13.5. The van der Waals surface area contributed by atoms with Crippen molar-refractivity contribution in [2.24, 2.45) is 0 Å². The molecule has 7 heteroatoms. The van der Waals surface area contributed by atoms with E-state index in [9.17, 15) is 22.3 Å². The van der Waals surface area contributed by atoms with Crippen LogP contribution in [0.5, 0.6) is 0 Å². The zero-order chi connectivity index (χ0) is 14.0. The van der Waals surface area contributed by atoms with Gasteiger partial charge in [-0.05, 0) is 37.8 Å². The van der Waals surface area contributed by atoms with Gasteiger partial charge in [0.2, 0.25) is 10.0 Å². The standard InChI is InChI=1S/C12H15F2NO3S/c13-10-5-2-6-11(14)12(10)19(17,18)15-8-3-1-4-9(16)7-8/h2,5-6,8-9,15-16H,1,3-4,7H2/t8-,9-/m1/s1. The van der Waals surface area contributed by atoms with E-state index in [1.54, 1.807) is 0 Å². The Kier molecular flexibility index (Phi) is 4.17. The zero-order valence-electron chi connectivity index (χ0n) is 10.1. The smallest absolute Gasteiger partial charge is 0.246 e. The van der Waals surface area contributed by atoms with Crippen LogP contribution in [0, 0.1) is 11.6 Å². The monoisotopic (exact) mass is 291 g/mol. The molecule has 0 saturated heterocycles. The zero-order valence-corrected chi connectivity index (χ0v) is 11.0. The summed E-state index contributed by atoms with van der Waals surface area (Å²) in [5.41, 5.74) is 0. The first-order chi connectivity index (χ1) is 8.90. The molecule has 2 rings (SSSR count). The minimum absolute atomic E-state index is 0.259. The molecule has 1 fully saturated rings. The molecule has 0 radical (unpaired) electrons. The van der Waals surface area contributed by atoms with Crippen LogP contribution in [0.15, 0.2) is 23.1 Å². The molecule has 19 heavy (non-hydrogen) atoms. The van der Waals surface area contributed by atoms with Gasteiger partial charge in [0.05, 0.1) is 6.10 Å². The molecule has 0 amide bonds. The summed E-state index contributed by atoms with van der Waals surface area (Å²) in [6.45, 7) is 0. The van der Waals surface area contributed by atoms with Crippen molar-refractivity contribution in [2.45, 2.75) is 42.7 Å². The highest BCUT2D eigenvalue weighted by molar-refractivity contribution is 7.89. The lowest BCUT2D eigenvalue weighted by Crippen LogP contribution is -2.40. The van der Waals surface area contributed by atoms with E-state index in [1.165, 1.54) is 0 Å². The molecule has 0 heterocycles. The van der Waals surface area contributed by atoms with Gasteiger partial charge in [-0.2, -0.15) is 0 Å². The maximum atomic E-state index is 13.5. The second kappa shape index (κ2) is 5.52. The van der Waals surface area contributed by atoms with Crippen LogP contribution in [0.3, 0.4) is 0 Å². The van der Waals surface area contributed by atoms with Crippen LogP contribution in [0.1, 0.15) is 25.7 Å². The summed E-state index contributed by atoms with van der Waals surface area (Å²) in [6, 6.07) is 2.40. The van der Waals surface area contributed by atoms with Crippen molar-refractivity contribution in [1.82, 2.24) is 4.72 Å². The van der Waals surface area contributed by atoms with Crippen LogP contribution < -0.4 is 4.72 Å². The molecule has 2 N–H and O–H groups in total. The summed E-state index contributed by atoms with van der Waals surface area (Å²) in [7, 11) is -4.26. The molecule has 0 bridgehead atoms. The first-order valence-corrected chi connectivity index (χ1v) is 7.53. The quantitative estimate of drug-likeness (QED) is 0.888. The molecule has 106 valence electrons. The van der Waals surface area contributed by atoms with E-state index in [-0.39, 0.29) is 6.42 Å². The highest BCUT2D eigenvalue weighted by Crippen LogP contribution is 2.23. The third-order valence-electron chi connectivity index (χ3n) is 3.16. The van der Waals surface area contributed by atoms with E-state index in [1.807, 2.05) is 0 Å². The van der Waals surface area contributed by atoms with E-state index in [4.69, 9.17) is 0 Å². The van der Waals surface area contributed by atoms with E-state index >= 15 is 0 Å². The number of nitrogens with one attached hydrogen (secondary N) is 1. The molecule has 2 atom stereocenters. The second-order valence-corrected chi connectivity index (χ2v) is 6.34. The molecule has 0 unspecified atom stereocenters. The normalized spacial score (nSPS) is 24.4. The van der Waals surface area contributed by atoms with Gasteiger partial charge in [0.25, 0.3) is 0 Å². The Balaban J connectivity index is 2.23. The van der Waals surface area contributed by atoms with Crippen molar-refractivity contribution in [2.75, 3.05) is 0 Å². The third kappa shape index (κ3) is 3.29. The SMILES string of the molecule is O=S(=O)(N[C@@H]1CCC[C@@H](O)C1)c1c(F)cccc1F. The number of hydrogen-bond acceptors (Lipinski definition) is 3. The predicted molar refractivity (Wildman–Crippen MR) is 64.9 cm³/mol. The van der Waals surface area contributed by atoms with Crippen LogP contribution in [-0.2, 0) is 10.0 Å². The molecule has 0 spiro atoms. The number of rotatable bonds is 3. The minimum Gasteiger partial charge on any atom is -0.393 e. The van der Waals surface area contributed by atoms with Crippen molar-refractivity contribution >= 4 is 10.0 Å². The first kappa shape index (κ1) is 14.4. The van der Waals surface area contributed by atoms with E-state index in [0.29, 0.717) is 19.3 Å². The first-order valence-electron chi connectivity index (χ1n) is 6.04. The van der Waals surface area contributed by atoms with Gasteiger partial charge >= 0.3 is 0 Å². The summed E-state index contributed by atoms with van der Waals surface area (Å²) in [6.07, 6.45) is 1.52. The van der Waals surface area contributed by atoms with Gasteiger partial charge in [0.1, 0.15) is 11.6 Å². The summed E-state index contributed by atoms with van der Waals surface area (Å²) < 4.78 is 53.1. The van der Waals surface area contributed by atoms with Gasteiger partial charge in [0.15, 0.2) is 4.90 Å². The van der Waals surface area contributed by atoms with Crippen molar-refractivity contribution in [1.29, 1.82) is 0 Å². The largest absolute Gasteiger partial charge is 0.393 e. The number of aliphatic hydroxyl groups excluding tert-OH is 1. The van der Waals surface area contributed by atoms with Gasteiger partial charge in [0, 0.05) is 6.04 Å². The number of sulfonamides is 1. The fourth-order valence-corrected chi connectivity index (χ4v) is 3.71. The maximum Gasteiger partial charge on any atom is 0.246 e. The summed E-state index contributed by atoms with van der Waals surface area (Å²) in [5.74, 6) is -2.24.